The molecule has 0 saturated carbocycles. The SMILES string of the molecule is Nc1ccc(NCCNc2ccc(N)cc2N)cc1. The van der Waals surface area contributed by atoms with Crippen LogP contribution in [0.3, 0.4) is 0 Å². The van der Waals surface area contributed by atoms with Gasteiger partial charge in [0.25, 0.3) is 0 Å². The highest BCUT2D eigenvalue weighted by Crippen LogP contribution is 2.20. The zero-order valence-electron chi connectivity index (χ0n) is 10.7. The second-order valence-electron chi connectivity index (χ2n) is 4.32. The summed E-state index contributed by atoms with van der Waals surface area (Å²) in [6.45, 7) is 1.55. The average molecular weight is 257 g/mol. The fourth-order valence-electron chi connectivity index (χ4n) is 1.75. The first-order chi connectivity index (χ1) is 9.15. The number of nitrogens with one attached hydrogen (secondary N) is 2. The molecule has 2 aromatic rings. The number of hydrogen-bond acceptors (Lipinski definition) is 5. The molecule has 100 valence electrons. The van der Waals surface area contributed by atoms with Crippen LogP contribution >= 0.6 is 0 Å². The Morgan fingerprint density at radius 2 is 1.37 bits per heavy atom. The van der Waals surface area contributed by atoms with Crippen molar-refractivity contribution in [3.8, 4) is 0 Å². The molecular weight excluding hydrogens is 238 g/mol. The second kappa shape index (κ2) is 5.86. The van der Waals surface area contributed by atoms with E-state index in [2.05, 4.69) is 10.6 Å². The molecule has 0 spiro atoms. The van der Waals surface area contributed by atoms with E-state index in [4.69, 9.17) is 17.2 Å². The Morgan fingerprint density at radius 1 is 0.737 bits per heavy atom. The summed E-state index contributed by atoms with van der Waals surface area (Å²) in [7, 11) is 0. The Morgan fingerprint density at radius 3 is 2.05 bits per heavy atom. The van der Waals surface area contributed by atoms with Crippen LogP contribution < -0.4 is 27.8 Å². The molecule has 0 heterocycles. The maximum atomic E-state index is 5.85. The van der Waals surface area contributed by atoms with Crippen LogP contribution in [0.4, 0.5) is 28.4 Å². The molecule has 0 radical (unpaired) electrons. The Labute approximate surface area is 112 Å². The molecule has 2 aromatic carbocycles. The minimum absolute atomic E-state index is 0.660. The minimum atomic E-state index is 0.660. The lowest BCUT2D eigenvalue weighted by Crippen LogP contribution is -2.14. The molecule has 0 saturated heterocycles. The molecular formula is C14H19N5. The van der Waals surface area contributed by atoms with Crippen molar-refractivity contribution in [2.24, 2.45) is 0 Å². The van der Waals surface area contributed by atoms with Crippen molar-refractivity contribution in [3.05, 3.63) is 42.5 Å². The van der Waals surface area contributed by atoms with E-state index in [9.17, 15) is 0 Å². The maximum absolute atomic E-state index is 5.85. The molecule has 2 rings (SSSR count). The summed E-state index contributed by atoms with van der Waals surface area (Å²) in [5, 5.41) is 6.54. The van der Waals surface area contributed by atoms with Crippen molar-refractivity contribution >= 4 is 28.4 Å². The third-order valence-corrected chi connectivity index (χ3v) is 2.76. The quantitative estimate of drug-likeness (QED) is 0.416. The van der Waals surface area contributed by atoms with E-state index in [0.29, 0.717) is 11.4 Å². The van der Waals surface area contributed by atoms with Crippen LogP contribution in [0.5, 0.6) is 0 Å². The van der Waals surface area contributed by atoms with Crippen LogP contribution in [0.25, 0.3) is 0 Å². The molecule has 0 atom stereocenters. The standard InChI is InChI=1S/C14H19N5/c15-10-1-4-12(5-2-10)18-7-8-19-14-6-3-11(16)9-13(14)17/h1-6,9,18-19H,7-8,15-17H2. The Bertz CT molecular complexity index is 536. The summed E-state index contributed by atoms with van der Waals surface area (Å²) in [6.07, 6.45) is 0. The number of benzene rings is 2. The van der Waals surface area contributed by atoms with Gasteiger partial charge in [-0.05, 0) is 42.5 Å². The van der Waals surface area contributed by atoms with Crippen molar-refractivity contribution in [1.82, 2.24) is 0 Å². The summed E-state index contributed by atoms with van der Waals surface area (Å²) in [5.74, 6) is 0. The van der Waals surface area contributed by atoms with Crippen molar-refractivity contribution in [2.75, 3.05) is 40.9 Å². The van der Waals surface area contributed by atoms with Crippen molar-refractivity contribution in [3.63, 3.8) is 0 Å². The molecule has 0 unspecified atom stereocenters. The highest BCUT2D eigenvalue weighted by atomic mass is 15.0. The molecule has 5 heteroatoms. The number of hydrogen-bond donors (Lipinski definition) is 5. The topological polar surface area (TPSA) is 102 Å². The van der Waals surface area contributed by atoms with Crippen LogP contribution in [-0.2, 0) is 0 Å². The first kappa shape index (κ1) is 12.9. The summed E-state index contributed by atoms with van der Waals surface area (Å²) < 4.78 is 0. The van der Waals surface area contributed by atoms with Gasteiger partial charge in [-0.25, -0.2) is 0 Å². The Kier molecular flexibility index (Phi) is 3.97. The van der Waals surface area contributed by atoms with Crippen LogP contribution in [0.2, 0.25) is 0 Å². The zero-order chi connectivity index (χ0) is 13.7. The third-order valence-electron chi connectivity index (χ3n) is 2.76. The summed E-state index contributed by atoms with van der Waals surface area (Å²) >= 11 is 0. The molecule has 8 N–H and O–H groups in total. The normalized spacial score (nSPS) is 10.1. The van der Waals surface area contributed by atoms with E-state index in [1.807, 2.05) is 36.4 Å². The van der Waals surface area contributed by atoms with Gasteiger partial charge in [0.15, 0.2) is 0 Å². The minimum Gasteiger partial charge on any atom is -0.399 e. The molecule has 0 aliphatic heterocycles. The largest absolute Gasteiger partial charge is 0.399 e. The molecule has 0 bridgehead atoms. The molecule has 19 heavy (non-hydrogen) atoms. The summed E-state index contributed by atoms with van der Waals surface area (Å²) in [6, 6.07) is 13.1. The summed E-state index contributed by atoms with van der Waals surface area (Å²) in [5.41, 5.74) is 21.1. The van der Waals surface area contributed by atoms with Gasteiger partial charge < -0.3 is 27.8 Å². The van der Waals surface area contributed by atoms with Crippen molar-refractivity contribution < 1.29 is 0 Å². The molecule has 0 aromatic heterocycles. The lowest BCUT2D eigenvalue weighted by Gasteiger charge is -2.11. The van der Waals surface area contributed by atoms with Gasteiger partial charge >= 0.3 is 0 Å². The van der Waals surface area contributed by atoms with Crippen LogP contribution in [0, 0.1) is 0 Å². The van der Waals surface area contributed by atoms with E-state index in [0.717, 1.165) is 30.2 Å². The monoisotopic (exact) mass is 257 g/mol. The molecule has 0 fully saturated rings. The van der Waals surface area contributed by atoms with E-state index in [1.165, 1.54) is 0 Å². The number of nitrogen functional groups attached to an aromatic ring is 3. The van der Waals surface area contributed by atoms with Gasteiger partial charge in [0, 0.05) is 30.2 Å². The smallest absolute Gasteiger partial charge is 0.0576 e. The lowest BCUT2D eigenvalue weighted by molar-refractivity contribution is 1.08. The van der Waals surface area contributed by atoms with Gasteiger partial charge in [-0.3, -0.25) is 0 Å². The van der Waals surface area contributed by atoms with E-state index < -0.39 is 0 Å². The zero-order valence-corrected chi connectivity index (χ0v) is 10.7. The van der Waals surface area contributed by atoms with Gasteiger partial charge in [-0.1, -0.05) is 0 Å². The average Bonchev–Trinajstić information content (AvgIpc) is 2.39. The molecule has 0 amide bonds. The molecule has 0 aliphatic rings. The van der Waals surface area contributed by atoms with Gasteiger partial charge in [-0.15, -0.1) is 0 Å². The van der Waals surface area contributed by atoms with Gasteiger partial charge in [0.05, 0.1) is 11.4 Å². The number of anilines is 5. The first-order valence-corrected chi connectivity index (χ1v) is 6.13. The Hall–Kier alpha value is -2.56. The Balaban J connectivity index is 1.79. The fourth-order valence-corrected chi connectivity index (χ4v) is 1.75. The number of rotatable bonds is 5. The van der Waals surface area contributed by atoms with Crippen LogP contribution in [-0.4, -0.2) is 13.1 Å². The van der Waals surface area contributed by atoms with Crippen LogP contribution in [0.15, 0.2) is 42.5 Å². The highest BCUT2D eigenvalue weighted by molar-refractivity contribution is 5.70. The summed E-state index contributed by atoms with van der Waals surface area (Å²) in [4.78, 5) is 0. The van der Waals surface area contributed by atoms with E-state index >= 15 is 0 Å². The predicted octanol–water partition coefficient (Wildman–Crippen LogP) is 1.96. The van der Waals surface area contributed by atoms with Crippen LogP contribution in [0.1, 0.15) is 0 Å². The molecule has 0 aliphatic carbocycles. The third kappa shape index (κ3) is 3.70. The fraction of sp³-hybridized carbons (Fsp3) is 0.143. The lowest BCUT2D eigenvalue weighted by atomic mass is 10.2. The van der Waals surface area contributed by atoms with Gasteiger partial charge in [0.2, 0.25) is 0 Å². The van der Waals surface area contributed by atoms with Crippen molar-refractivity contribution in [2.45, 2.75) is 0 Å². The van der Waals surface area contributed by atoms with E-state index in [-0.39, 0.29) is 0 Å². The van der Waals surface area contributed by atoms with E-state index in [1.54, 1.807) is 6.07 Å². The maximum Gasteiger partial charge on any atom is 0.0576 e. The molecule has 5 nitrogen and oxygen atoms in total. The number of nitrogens with two attached hydrogens (primary N) is 3. The second-order valence-corrected chi connectivity index (χ2v) is 4.32. The highest BCUT2D eigenvalue weighted by Gasteiger charge is 1.98. The van der Waals surface area contributed by atoms with Gasteiger partial charge in [0.1, 0.15) is 0 Å². The first-order valence-electron chi connectivity index (χ1n) is 6.13. The van der Waals surface area contributed by atoms with Crippen molar-refractivity contribution in [1.29, 1.82) is 0 Å². The van der Waals surface area contributed by atoms with Gasteiger partial charge in [-0.2, -0.15) is 0 Å². The predicted molar refractivity (Wildman–Crippen MR) is 83.1 cm³/mol.